The molecule has 85 valence electrons. The van der Waals surface area contributed by atoms with Gasteiger partial charge in [-0.15, -0.1) is 11.6 Å². The fourth-order valence-electron chi connectivity index (χ4n) is 1.61. The average molecular weight is 236 g/mol. The summed E-state index contributed by atoms with van der Waals surface area (Å²) in [6.45, 7) is 0. The van der Waals surface area contributed by atoms with Gasteiger partial charge < -0.3 is 0 Å². The van der Waals surface area contributed by atoms with Gasteiger partial charge in [0, 0.05) is 11.6 Å². The number of rotatable bonds is 11. The van der Waals surface area contributed by atoms with E-state index in [9.17, 15) is 0 Å². The fraction of sp³-hybridized carbons (Fsp3) is 1.00. The topological polar surface area (TPSA) is 0 Å². The van der Waals surface area contributed by atoms with Crippen molar-refractivity contribution in [2.45, 2.75) is 64.2 Å². The zero-order valence-corrected chi connectivity index (χ0v) is 10.8. The lowest BCUT2D eigenvalue weighted by Crippen LogP contribution is -1.83. The Hall–Kier alpha value is 0.640. The van der Waals surface area contributed by atoms with E-state index in [0.717, 1.165) is 11.6 Å². The van der Waals surface area contributed by atoms with Crippen LogP contribution >= 0.6 is 24.2 Å². The van der Waals surface area contributed by atoms with Crippen LogP contribution in [0.25, 0.3) is 0 Å². The van der Waals surface area contributed by atoms with Gasteiger partial charge in [0.15, 0.2) is 0 Å². The lowest BCUT2D eigenvalue weighted by atomic mass is 10.1. The van der Waals surface area contributed by atoms with Crippen LogP contribution in [0.3, 0.4) is 0 Å². The Balaban J connectivity index is 2.78. The van der Waals surface area contributed by atoms with Gasteiger partial charge in [0.25, 0.3) is 0 Å². The molecule has 0 nitrogen and oxygen atoms in total. The van der Waals surface area contributed by atoms with E-state index in [-0.39, 0.29) is 0 Å². The van der Waals surface area contributed by atoms with E-state index in [1.165, 1.54) is 64.2 Å². The molecule has 0 unspecified atom stereocenters. The normalized spacial score (nSPS) is 10.7. The minimum atomic E-state index is 0.834. The van der Waals surface area contributed by atoms with E-state index in [4.69, 9.17) is 24.2 Å². The van der Waals surface area contributed by atoms with Gasteiger partial charge in [-0.3, -0.25) is 0 Å². The van der Waals surface area contributed by atoms with Crippen LogP contribution in [0.5, 0.6) is 0 Å². The van der Waals surface area contributed by atoms with Gasteiger partial charge >= 0.3 is 0 Å². The second-order valence-corrected chi connectivity index (χ2v) is 4.71. The van der Waals surface area contributed by atoms with E-state index < -0.39 is 0 Å². The highest BCUT2D eigenvalue weighted by atomic mass is 35.5. The van der Waals surface area contributed by atoms with E-state index in [0.29, 0.717) is 0 Å². The maximum absolute atomic E-state index is 5.60. The molecule has 0 saturated heterocycles. The van der Waals surface area contributed by atoms with Crippen LogP contribution in [0, 0.1) is 0 Å². The summed E-state index contributed by atoms with van der Waals surface area (Å²) in [5.74, 6) is 1.78. The molecule has 2 heteroatoms. The summed E-state index contributed by atoms with van der Waals surface area (Å²) in [6.07, 6.45) is 13.5. The molecule has 0 atom stereocenters. The monoisotopic (exact) mass is 235 g/mol. The van der Waals surface area contributed by atoms with E-state index in [1.54, 1.807) is 0 Å². The summed E-state index contributed by atoms with van der Waals surface area (Å²) in [5, 5.41) is 0. The first kappa shape index (κ1) is 14.6. The first-order valence-corrected chi connectivity index (χ1v) is 7.17. The molecule has 0 N–H and O–H groups in total. The Kier molecular flexibility index (Phi) is 14.3. The summed E-state index contributed by atoms with van der Waals surface area (Å²) < 4.78 is 0. The fourth-order valence-corrected chi connectivity index (χ4v) is 2.00. The number of unbranched alkanes of at least 4 members (excludes halogenated alkanes) is 9. The van der Waals surface area contributed by atoms with Gasteiger partial charge in [-0.05, 0) is 12.8 Å². The maximum atomic E-state index is 5.60. The van der Waals surface area contributed by atoms with Crippen molar-refractivity contribution >= 4 is 24.2 Å². The Morgan fingerprint density at radius 1 is 0.571 bits per heavy atom. The molecule has 0 fully saturated rings. The molecule has 0 aliphatic heterocycles. The molecule has 0 aliphatic rings. The molecule has 0 amide bonds. The lowest BCUT2D eigenvalue weighted by Gasteiger charge is -2.01. The molecule has 0 heterocycles. The van der Waals surface area contributed by atoms with Crippen LogP contribution in [0.2, 0.25) is 0 Å². The van der Waals surface area contributed by atoms with Gasteiger partial charge in [0.05, 0.1) is 0 Å². The van der Waals surface area contributed by atoms with Crippen molar-refractivity contribution in [3.8, 4) is 0 Å². The van der Waals surface area contributed by atoms with Crippen LogP contribution < -0.4 is 0 Å². The molecule has 0 spiro atoms. The summed E-state index contributed by atoms with van der Waals surface area (Å²) in [4.78, 5) is 0. The van der Waals surface area contributed by atoms with E-state index in [2.05, 4.69) is 0 Å². The molecular weight excluding hydrogens is 212 g/mol. The molecule has 0 bridgehead atoms. The summed E-state index contributed by atoms with van der Waals surface area (Å²) in [6, 6.07) is 0. The first-order chi connectivity index (χ1) is 6.91. The Bertz CT molecular complexity index is 84.3. The molecule has 14 heavy (non-hydrogen) atoms. The van der Waals surface area contributed by atoms with Gasteiger partial charge in [0.1, 0.15) is 0 Å². The quantitative estimate of drug-likeness (QED) is 0.336. The van der Waals surface area contributed by atoms with Gasteiger partial charge in [0.2, 0.25) is 0 Å². The predicted octanol–water partition coefficient (Wildman–Crippen LogP) is 5.32. The van der Waals surface area contributed by atoms with E-state index in [1.807, 2.05) is 0 Å². The van der Waals surface area contributed by atoms with Gasteiger partial charge in [-0.1, -0.05) is 64.0 Å². The molecule has 0 aromatic rings. The van der Waals surface area contributed by atoms with Crippen molar-refractivity contribution in [3.05, 3.63) is 0 Å². The van der Waals surface area contributed by atoms with Gasteiger partial charge in [-0.25, -0.2) is 0 Å². The van der Waals surface area contributed by atoms with Crippen molar-refractivity contribution in [1.82, 2.24) is 0 Å². The Morgan fingerprint density at radius 2 is 0.929 bits per heavy atom. The van der Waals surface area contributed by atoms with E-state index >= 15 is 0 Å². The van der Waals surface area contributed by atoms with Crippen molar-refractivity contribution in [3.63, 3.8) is 0 Å². The second-order valence-electron chi connectivity index (χ2n) is 3.93. The average Bonchev–Trinajstić information content (AvgIpc) is 2.21. The third-order valence-electron chi connectivity index (χ3n) is 2.53. The lowest BCUT2D eigenvalue weighted by molar-refractivity contribution is 0.563. The predicted molar refractivity (Wildman–Crippen MR) is 69.3 cm³/mol. The highest BCUT2D eigenvalue weighted by molar-refractivity contribution is 7.80. The molecule has 0 saturated carbocycles. The van der Waals surface area contributed by atoms with Gasteiger partial charge in [-0.2, -0.15) is 0 Å². The largest absolute Gasteiger partial charge is 0.127 e. The summed E-state index contributed by atoms with van der Waals surface area (Å²) in [7, 11) is 0. The highest BCUT2D eigenvalue weighted by Gasteiger charge is 1.92. The van der Waals surface area contributed by atoms with Crippen molar-refractivity contribution in [1.29, 1.82) is 0 Å². The molecule has 0 aromatic carbocycles. The van der Waals surface area contributed by atoms with Crippen LogP contribution in [0.4, 0.5) is 0 Å². The number of hydrogen-bond donors (Lipinski definition) is 0. The number of hydrogen-bond acceptors (Lipinski definition) is 0. The minimum absolute atomic E-state index is 0.834. The zero-order chi connectivity index (χ0) is 10.5. The van der Waals surface area contributed by atoms with Crippen molar-refractivity contribution in [2.24, 2.45) is 0 Å². The molecule has 1 radical (unpaired) electrons. The summed E-state index contributed by atoms with van der Waals surface area (Å²) >= 11 is 10.5. The molecule has 0 aromatic heterocycles. The molecular formula is C12H24ClS. The molecule has 0 aliphatic carbocycles. The third kappa shape index (κ3) is 12.6. The number of halogens is 1. The standard InChI is InChI=1S/C12H24ClS/c13-11-9-7-5-3-1-2-4-6-8-10-12-14/h1-12H2. The zero-order valence-electron chi connectivity index (χ0n) is 9.27. The summed E-state index contributed by atoms with van der Waals surface area (Å²) in [5.41, 5.74) is 0. The highest BCUT2D eigenvalue weighted by Crippen LogP contribution is 2.10. The number of alkyl halides is 1. The van der Waals surface area contributed by atoms with Crippen LogP contribution in [-0.2, 0) is 0 Å². The Labute approximate surface area is 100 Å². The minimum Gasteiger partial charge on any atom is -0.127 e. The van der Waals surface area contributed by atoms with Crippen LogP contribution in [0.15, 0.2) is 0 Å². The van der Waals surface area contributed by atoms with Crippen LogP contribution in [-0.4, -0.2) is 11.6 Å². The third-order valence-corrected chi connectivity index (χ3v) is 3.08. The Morgan fingerprint density at radius 3 is 1.29 bits per heavy atom. The van der Waals surface area contributed by atoms with Crippen molar-refractivity contribution < 1.29 is 0 Å². The van der Waals surface area contributed by atoms with Crippen molar-refractivity contribution in [2.75, 3.05) is 11.6 Å². The smallest absolute Gasteiger partial charge is 0.0223 e. The second kappa shape index (κ2) is 13.6. The SMILES string of the molecule is [S]CCCCCCCCCCCCCl. The maximum Gasteiger partial charge on any atom is 0.0223 e. The first-order valence-electron chi connectivity index (χ1n) is 6.06. The molecule has 0 rings (SSSR count). The van der Waals surface area contributed by atoms with Crippen LogP contribution in [0.1, 0.15) is 64.2 Å².